The maximum absolute atomic E-state index is 13.4. The Morgan fingerprint density at radius 1 is 1.25 bits per heavy atom. The number of benzene rings is 2. The van der Waals surface area contributed by atoms with Crippen molar-refractivity contribution in [2.24, 2.45) is 5.73 Å². The van der Waals surface area contributed by atoms with Crippen LogP contribution in [0.3, 0.4) is 0 Å². The predicted molar refractivity (Wildman–Crippen MR) is 89.7 cm³/mol. The first kappa shape index (κ1) is 16.6. The molecule has 2 aromatic carbocycles. The highest BCUT2D eigenvalue weighted by molar-refractivity contribution is 5.77. The van der Waals surface area contributed by atoms with E-state index in [9.17, 15) is 9.18 Å². The summed E-state index contributed by atoms with van der Waals surface area (Å²) in [4.78, 5) is 14.3. The SMILES string of the molecule is N[C@@H](CC(=O)N1CCO[C@@H](c2cccc(F)c2)C1)c1ccccc1. The van der Waals surface area contributed by atoms with Gasteiger partial charge in [-0.05, 0) is 23.3 Å². The average molecular weight is 328 g/mol. The fourth-order valence-corrected chi connectivity index (χ4v) is 2.92. The molecule has 0 spiro atoms. The van der Waals surface area contributed by atoms with Crippen molar-refractivity contribution in [3.05, 3.63) is 71.5 Å². The predicted octanol–water partition coefficient (Wildman–Crippen LogP) is 2.82. The van der Waals surface area contributed by atoms with E-state index >= 15 is 0 Å². The molecule has 4 nitrogen and oxygen atoms in total. The zero-order valence-electron chi connectivity index (χ0n) is 13.4. The number of nitrogens with two attached hydrogens (primary N) is 1. The van der Waals surface area contributed by atoms with Gasteiger partial charge in [-0.2, -0.15) is 0 Å². The Hall–Kier alpha value is -2.24. The Labute approximate surface area is 141 Å². The van der Waals surface area contributed by atoms with Crippen molar-refractivity contribution in [1.82, 2.24) is 4.90 Å². The van der Waals surface area contributed by atoms with E-state index in [1.54, 1.807) is 11.0 Å². The third-order valence-electron chi connectivity index (χ3n) is 4.26. The molecule has 24 heavy (non-hydrogen) atoms. The van der Waals surface area contributed by atoms with Crippen LogP contribution in [0.5, 0.6) is 0 Å². The third kappa shape index (κ3) is 3.99. The van der Waals surface area contributed by atoms with E-state index in [4.69, 9.17) is 10.5 Å². The van der Waals surface area contributed by atoms with Crippen LogP contribution in [0.25, 0.3) is 0 Å². The highest BCUT2D eigenvalue weighted by atomic mass is 19.1. The molecule has 1 amide bonds. The maximum Gasteiger partial charge on any atom is 0.224 e. The number of ether oxygens (including phenoxy) is 1. The van der Waals surface area contributed by atoms with Gasteiger partial charge in [0.25, 0.3) is 0 Å². The lowest BCUT2D eigenvalue weighted by atomic mass is 10.0. The molecule has 2 N–H and O–H groups in total. The fourth-order valence-electron chi connectivity index (χ4n) is 2.92. The first-order chi connectivity index (χ1) is 11.6. The van der Waals surface area contributed by atoms with Gasteiger partial charge in [0.1, 0.15) is 11.9 Å². The molecule has 1 aliphatic heterocycles. The van der Waals surface area contributed by atoms with Crippen molar-refractivity contribution in [3.8, 4) is 0 Å². The van der Waals surface area contributed by atoms with Gasteiger partial charge in [-0.25, -0.2) is 4.39 Å². The van der Waals surface area contributed by atoms with Gasteiger partial charge in [0, 0.05) is 19.0 Å². The highest BCUT2D eigenvalue weighted by Gasteiger charge is 2.26. The zero-order chi connectivity index (χ0) is 16.9. The molecule has 1 heterocycles. The fraction of sp³-hybridized carbons (Fsp3) is 0.316. The van der Waals surface area contributed by atoms with Crippen LogP contribution in [-0.2, 0) is 9.53 Å². The second kappa shape index (κ2) is 7.55. The van der Waals surface area contributed by atoms with E-state index in [-0.39, 0.29) is 30.3 Å². The summed E-state index contributed by atoms with van der Waals surface area (Å²) < 4.78 is 19.1. The van der Waals surface area contributed by atoms with Crippen molar-refractivity contribution in [2.45, 2.75) is 18.6 Å². The molecule has 0 aliphatic carbocycles. The van der Waals surface area contributed by atoms with Crippen LogP contribution >= 0.6 is 0 Å². The number of rotatable bonds is 4. The van der Waals surface area contributed by atoms with Crippen LogP contribution in [0.2, 0.25) is 0 Å². The molecule has 5 heteroatoms. The Morgan fingerprint density at radius 3 is 2.79 bits per heavy atom. The summed E-state index contributed by atoms with van der Waals surface area (Å²) in [5.41, 5.74) is 7.83. The Balaban J connectivity index is 1.63. The number of halogens is 1. The van der Waals surface area contributed by atoms with Gasteiger partial charge in [0.15, 0.2) is 0 Å². The van der Waals surface area contributed by atoms with Crippen molar-refractivity contribution < 1.29 is 13.9 Å². The topological polar surface area (TPSA) is 55.6 Å². The Morgan fingerprint density at radius 2 is 2.04 bits per heavy atom. The molecular weight excluding hydrogens is 307 g/mol. The van der Waals surface area contributed by atoms with Crippen LogP contribution < -0.4 is 5.73 Å². The number of carbonyl (C=O) groups is 1. The summed E-state index contributed by atoms with van der Waals surface area (Å²) in [5.74, 6) is -0.304. The van der Waals surface area contributed by atoms with Gasteiger partial charge >= 0.3 is 0 Å². The van der Waals surface area contributed by atoms with Gasteiger partial charge in [0.2, 0.25) is 5.91 Å². The normalized spacial score (nSPS) is 19.1. The van der Waals surface area contributed by atoms with Crippen LogP contribution in [0.4, 0.5) is 4.39 Å². The summed E-state index contributed by atoms with van der Waals surface area (Å²) in [6, 6.07) is 15.6. The highest BCUT2D eigenvalue weighted by Crippen LogP contribution is 2.24. The summed E-state index contributed by atoms with van der Waals surface area (Å²) in [6.07, 6.45) is -0.0498. The first-order valence-corrected chi connectivity index (χ1v) is 8.09. The van der Waals surface area contributed by atoms with Crippen LogP contribution in [0.1, 0.15) is 29.7 Å². The van der Waals surface area contributed by atoms with Gasteiger partial charge < -0.3 is 15.4 Å². The number of carbonyl (C=O) groups excluding carboxylic acids is 1. The van der Waals surface area contributed by atoms with E-state index in [2.05, 4.69) is 0 Å². The minimum Gasteiger partial charge on any atom is -0.370 e. The van der Waals surface area contributed by atoms with Crippen molar-refractivity contribution in [2.75, 3.05) is 19.7 Å². The molecule has 1 fully saturated rings. The van der Waals surface area contributed by atoms with E-state index in [0.29, 0.717) is 19.7 Å². The lowest BCUT2D eigenvalue weighted by Crippen LogP contribution is -2.43. The van der Waals surface area contributed by atoms with E-state index in [1.165, 1.54) is 12.1 Å². The first-order valence-electron chi connectivity index (χ1n) is 8.09. The monoisotopic (exact) mass is 328 g/mol. The standard InChI is InChI=1S/C19H21FN2O2/c20-16-8-4-7-15(11-16)18-13-22(9-10-24-18)19(23)12-17(21)14-5-2-1-3-6-14/h1-8,11,17-18H,9-10,12-13,21H2/t17-,18+/m0/s1. The van der Waals surface area contributed by atoms with Crippen LogP contribution in [-0.4, -0.2) is 30.5 Å². The van der Waals surface area contributed by atoms with Gasteiger partial charge in [-0.1, -0.05) is 42.5 Å². The zero-order valence-corrected chi connectivity index (χ0v) is 13.4. The van der Waals surface area contributed by atoms with Crippen LogP contribution in [0, 0.1) is 5.82 Å². The van der Waals surface area contributed by atoms with Crippen molar-refractivity contribution in [3.63, 3.8) is 0 Å². The molecule has 2 atom stereocenters. The number of nitrogens with zero attached hydrogens (tertiary/aromatic N) is 1. The average Bonchev–Trinajstić information content (AvgIpc) is 2.62. The minimum absolute atomic E-state index is 0.00365. The smallest absolute Gasteiger partial charge is 0.224 e. The molecule has 126 valence electrons. The Kier molecular flexibility index (Phi) is 5.23. The minimum atomic E-state index is -0.325. The summed E-state index contributed by atoms with van der Waals surface area (Å²) in [5, 5.41) is 0. The number of hydrogen-bond donors (Lipinski definition) is 1. The second-order valence-corrected chi connectivity index (χ2v) is 5.98. The molecule has 1 saturated heterocycles. The largest absolute Gasteiger partial charge is 0.370 e. The summed E-state index contributed by atoms with van der Waals surface area (Å²) >= 11 is 0. The molecule has 0 bridgehead atoms. The van der Waals surface area contributed by atoms with E-state index in [0.717, 1.165) is 11.1 Å². The lowest BCUT2D eigenvalue weighted by Gasteiger charge is -2.33. The number of hydrogen-bond acceptors (Lipinski definition) is 3. The molecule has 3 rings (SSSR count). The van der Waals surface area contributed by atoms with E-state index in [1.807, 2.05) is 36.4 Å². The second-order valence-electron chi connectivity index (χ2n) is 5.98. The molecular formula is C19H21FN2O2. The lowest BCUT2D eigenvalue weighted by molar-refractivity contribution is -0.139. The molecule has 0 saturated carbocycles. The molecule has 0 radical (unpaired) electrons. The van der Waals surface area contributed by atoms with Gasteiger partial charge in [-0.3, -0.25) is 4.79 Å². The molecule has 0 aromatic heterocycles. The van der Waals surface area contributed by atoms with E-state index < -0.39 is 0 Å². The van der Waals surface area contributed by atoms with Gasteiger partial charge in [0.05, 0.1) is 13.2 Å². The number of morpholine rings is 1. The summed E-state index contributed by atoms with van der Waals surface area (Å²) in [6.45, 7) is 1.39. The molecule has 2 aromatic rings. The summed E-state index contributed by atoms with van der Waals surface area (Å²) in [7, 11) is 0. The van der Waals surface area contributed by atoms with Gasteiger partial charge in [-0.15, -0.1) is 0 Å². The molecule has 0 unspecified atom stereocenters. The number of amides is 1. The van der Waals surface area contributed by atoms with Crippen LogP contribution in [0.15, 0.2) is 54.6 Å². The maximum atomic E-state index is 13.4. The molecule has 1 aliphatic rings. The quantitative estimate of drug-likeness (QED) is 0.939. The Bertz CT molecular complexity index is 693. The van der Waals surface area contributed by atoms with Crippen molar-refractivity contribution in [1.29, 1.82) is 0 Å². The third-order valence-corrected chi connectivity index (χ3v) is 4.26. The van der Waals surface area contributed by atoms with Crippen molar-refractivity contribution >= 4 is 5.91 Å².